The van der Waals surface area contributed by atoms with E-state index < -0.39 is 6.10 Å². The molecule has 0 spiro atoms. The van der Waals surface area contributed by atoms with E-state index in [9.17, 15) is 14.4 Å². The number of hydrogen-bond donors (Lipinski definition) is 0. The van der Waals surface area contributed by atoms with Crippen LogP contribution in [0, 0.1) is 0 Å². The first-order chi connectivity index (χ1) is 35.0. The van der Waals surface area contributed by atoms with E-state index >= 15 is 0 Å². The zero-order valence-corrected chi connectivity index (χ0v) is 47.0. The molecule has 0 aliphatic carbocycles. The molecule has 0 aromatic heterocycles. The number of allylic oxidation sites excluding steroid dienone is 12. The fourth-order valence-corrected chi connectivity index (χ4v) is 8.63. The number of esters is 3. The lowest BCUT2D eigenvalue weighted by Gasteiger charge is -2.18. The first kappa shape index (κ1) is 67.8. The van der Waals surface area contributed by atoms with Crippen molar-refractivity contribution in [3.63, 3.8) is 0 Å². The van der Waals surface area contributed by atoms with Gasteiger partial charge >= 0.3 is 17.9 Å². The summed E-state index contributed by atoms with van der Waals surface area (Å²) in [6.45, 7) is 6.50. The van der Waals surface area contributed by atoms with Crippen molar-refractivity contribution in [2.24, 2.45) is 0 Å². The number of hydrogen-bond acceptors (Lipinski definition) is 6. The van der Waals surface area contributed by atoms with Gasteiger partial charge in [-0.25, -0.2) is 0 Å². The Bertz CT molecular complexity index is 1320. The van der Waals surface area contributed by atoms with Crippen LogP contribution >= 0.6 is 0 Å². The largest absolute Gasteiger partial charge is 0.462 e. The zero-order valence-electron chi connectivity index (χ0n) is 47.0. The standard InChI is InChI=1S/C65H114O6/c1-4-7-10-13-16-19-22-24-26-28-30-32-34-36-38-40-43-46-49-52-55-58-64(67)70-61-62(60-69-63(66)57-54-51-48-45-42-21-18-15-12-9-6-3)71-65(68)59-56-53-50-47-44-41-39-37-35-33-31-29-27-25-23-20-17-14-11-8-5-2/h7,10,15-16,18-19,24,26,30,32,36,38,62H,4-6,8-9,11-14,17,20-23,25,27-29,31,33-35,37,39-61H2,1-3H3/b10-7-,18-15-,19-16-,26-24-,32-30-,38-36-. The second kappa shape index (κ2) is 59.4. The molecule has 0 N–H and O–H groups in total. The summed E-state index contributed by atoms with van der Waals surface area (Å²) in [6, 6.07) is 0. The molecule has 0 radical (unpaired) electrons. The van der Waals surface area contributed by atoms with Gasteiger partial charge < -0.3 is 14.2 Å². The van der Waals surface area contributed by atoms with Crippen LogP contribution in [0.15, 0.2) is 72.9 Å². The van der Waals surface area contributed by atoms with Gasteiger partial charge in [-0.3, -0.25) is 14.4 Å². The lowest BCUT2D eigenvalue weighted by atomic mass is 10.0. The van der Waals surface area contributed by atoms with Crippen LogP contribution in [-0.4, -0.2) is 37.2 Å². The summed E-state index contributed by atoms with van der Waals surface area (Å²) in [5, 5.41) is 0. The Hall–Kier alpha value is -3.15. The normalized spacial score (nSPS) is 12.5. The van der Waals surface area contributed by atoms with E-state index in [2.05, 4.69) is 93.7 Å². The molecule has 6 nitrogen and oxygen atoms in total. The predicted molar refractivity (Wildman–Crippen MR) is 307 cm³/mol. The fourth-order valence-electron chi connectivity index (χ4n) is 8.63. The van der Waals surface area contributed by atoms with E-state index in [1.807, 2.05) is 0 Å². The summed E-state index contributed by atoms with van der Waals surface area (Å²) in [5.74, 6) is -0.899. The third-order valence-electron chi connectivity index (χ3n) is 13.2. The van der Waals surface area contributed by atoms with Gasteiger partial charge in [0.25, 0.3) is 0 Å². The number of unbranched alkanes of at least 4 members (excludes halogenated alkanes) is 32. The first-order valence-electron chi connectivity index (χ1n) is 30.4. The van der Waals surface area contributed by atoms with E-state index in [4.69, 9.17) is 14.2 Å². The Morgan fingerprint density at radius 1 is 0.296 bits per heavy atom. The number of ether oxygens (including phenoxy) is 3. The molecule has 0 aliphatic heterocycles. The van der Waals surface area contributed by atoms with Gasteiger partial charge in [-0.05, 0) is 83.5 Å². The van der Waals surface area contributed by atoms with E-state index in [1.54, 1.807) is 0 Å². The van der Waals surface area contributed by atoms with Crippen molar-refractivity contribution in [1.82, 2.24) is 0 Å². The van der Waals surface area contributed by atoms with Gasteiger partial charge in [0.15, 0.2) is 6.10 Å². The van der Waals surface area contributed by atoms with Crippen LogP contribution in [0.25, 0.3) is 0 Å². The van der Waals surface area contributed by atoms with E-state index in [-0.39, 0.29) is 31.1 Å². The van der Waals surface area contributed by atoms with Gasteiger partial charge in [0, 0.05) is 19.3 Å². The van der Waals surface area contributed by atoms with E-state index in [0.29, 0.717) is 19.3 Å². The lowest BCUT2D eigenvalue weighted by molar-refractivity contribution is -0.167. The number of carbonyl (C=O) groups excluding carboxylic acids is 3. The molecule has 1 unspecified atom stereocenters. The van der Waals surface area contributed by atoms with E-state index in [1.165, 1.54) is 148 Å². The Morgan fingerprint density at radius 2 is 0.563 bits per heavy atom. The van der Waals surface area contributed by atoms with Gasteiger partial charge in [0.05, 0.1) is 0 Å². The summed E-state index contributed by atoms with van der Waals surface area (Å²) < 4.78 is 16.9. The van der Waals surface area contributed by atoms with Crippen molar-refractivity contribution in [2.45, 2.75) is 309 Å². The fraction of sp³-hybridized carbons (Fsp3) is 0.769. The van der Waals surface area contributed by atoms with Crippen LogP contribution in [0.1, 0.15) is 303 Å². The summed E-state index contributed by atoms with van der Waals surface area (Å²) >= 11 is 0. The summed E-state index contributed by atoms with van der Waals surface area (Å²) in [5.41, 5.74) is 0. The predicted octanol–water partition coefficient (Wildman–Crippen LogP) is 20.5. The topological polar surface area (TPSA) is 78.9 Å². The Morgan fingerprint density at radius 3 is 0.915 bits per heavy atom. The minimum Gasteiger partial charge on any atom is -0.462 e. The van der Waals surface area contributed by atoms with Crippen molar-refractivity contribution in [1.29, 1.82) is 0 Å². The smallest absolute Gasteiger partial charge is 0.306 e. The van der Waals surface area contributed by atoms with Crippen molar-refractivity contribution in [3.8, 4) is 0 Å². The number of rotatable bonds is 55. The molecule has 0 saturated heterocycles. The quantitative estimate of drug-likeness (QED) is 0.0261. The highest BCUT2D eigenvalue weighted by Crippen LogP contribution is 2.17. The van der Waals surface area contributed by atoms with Crippen molar-refractivity contribution in [2.75, 3.05) is 13.2 Å². The summed E-state index contributed by atoms with van der Waals surface area (Å²) in [7, 11) is 0. The van der Waals surface area contributed by atoms with E-state index in [0.717, 1.165) is 116 Å². The first-order valence-corrected chi connectivity index (χ1v) is 30.4. The second-order valence-electron chi connectivity index (χ2n) is 20.2. The van der Waals surface area contributed by atoms with Crippen LogP contribution in [0.5, 0.6) is 0 Å². The highest BCUT2D eigenvalue weighted by molar-refractivity contribution is 5.71. The monoisotopic (exact) mass is 991 g/mol. The summed E-state index contributed by atoms with van der Waals surface area (Å²) in [4.78, 5) is 38.2. The lowest BCUT2D eigenvalue weighted by Crippen LogP contribution is -2.30. The Kier molecular flexibility index (Phi) is 56.8. The third-order valence-corrected chi connectivity index (χ3v) is 13.2. The third kappa shape index (κ3) is 57.6. The molecule has 0 fully saturated rings. The highest BCUT2D eigenvalue weighted by atomic mass is 16.6. The van der Waals surface area contributed by atoms with Crippen LogP contribution in [0.2, 0.25) is 0 Å². The van der Waals surface area contributed by atoms with Gasteiger partial charge in [0.2, 0.25) is 0 Å². The molecule has 0 aromatic rings. The molecule has 0 rings (SSSR count). The molecule has 0 heterocycles. The molecule has 410 valence electrons. The molecular weight excluding hydrogens is 877 g/mol. The minimum absolute atomic E-state index is 0.0839. The van der Waals surface area contributed by atoms with Crippen molar-refractivity contribution < 1.29 is 28.6 Å². The van der Waals surface area contributed by atoms with Gasteiger partial charge in [-0.2, -0.15) is 0 Å². The van der Waals surface area contributed by atoms with Crippen LogP contribution in [-0.2, 0) is 28.6 Å². The molecule has 0 aromatic carbocycles. The molecule has 0 amide bonds. The Balaban J connectivity index is 4.32. The maximum atomic E-state index is 12.9. The average molecular weight is 992 g/mol. The molecule has 71 heavy (non-hydrogen) atoms. The molecule has 1 atom stereocenters. The van der Waals surface area contributed by atoms with Crippen molar-refractivity contribution >= 4 is 17.9 Å². The minimum atomic E-state index is -0.786. The Labute approximate surface area is 440 Å². The highest BCUT2D eigenvalue weighted by Gasteiger charge is 2.19. The second-order valence-corrected chi connectivity index (χ2v) is 20.2. The van der Waals surface area contributed by atoms with Gasteiger partial charge in [-0.15, -0.1) is 0 Å². The summed E-state index contributed by atoms with van der Waals surface area (Å²) in [6.07, 6.45) is 76.2. The number of carbonyl (C=O) groups is 3. The maximum absolute atomic E-state index is 12.9. The van der Waals surface area contributed by atoms with Gasteiger partial charge in [0.1, 0.15) is 13.2 Å². The van der Waals surface area contributed by atoms with Crippen LogP contribution in [0.3, 0.4) is 0 Å². The SMILES string of the molecule is CC/C=C\C/C=C\C/C=C\C/C=C\C/C=C\CCCCCCCC(=O)OCC(COC(=O)CCCCCCC/C=C\CCCC)OC(=O)CCCCCCCCCCCCCCCCCCCCCCC. The molecule has 6 heteroatoms. The molecule has 0 bridgehead atoms. The van der Waals surface area contributed by atoms with Crippen LogP contribution in [0.4, 0.5) is 0 Å². The molecule has 0 aliphatic rings. The molecule has 0 saturated carbocycles. The average Bonchev–Trinajstić information content (AvgIpc) is 3.37. The zero-order chi connectivity index (χ0) is 51.4. The molecular formula is C65H114O6. The maximum Gasteiger partial charge on any atom is 0.306 e. The van der Waals surface area contributed by atoms with Gasteiger partial charge in [-0.1, -0.05) is 273 Å². The van der Waals surface area contributed by atoms with Crippen LogP contribution < -0.4 is 0 Å². The van der Waals surface area contributed by atoms with Crippen molar-refractivity contribution in [3.05, 3.63) is 72.9 Å².